The van der Waals surface area contributed by atoms with Crippen LogP contribution in [0, 0.1) is 6.07 Å². The van der Waals surface area contributed by atoms with Crippen molar-refractivity contribution in [3.63, 3.8) is 0 Å². The van der Waals surface area contributed by atoms with Crippen LogP contribution >= 0.6 is 0 Å². The zero-order chi connectivity index (χ0) is 24.3. The molecule has 0 amide bonds. The number of rotatable bonds is 0. The molecule has 3 heterocycles. The van der Waals surface area contributed by atoms with Crippen LogP contribution in [0.1, 0.15) is 25.0 Å². The van der Waals surface area contributed by atoms with Crippen LogP contribution in [-0.2, 0) is 25.5 Å². The number of aromatic nitrogens is 3. The first-order valence-electron chi connectivity index (χ1n) is 12.2. The largest absolute Gasteiger partial charge is 0.655 e. The maximum absolute atomic E-state index is 4.68. The summed E-state index contributed by atoms with van der Waals surface area (Å²) in [5.41, 5.74) is 7.93. The normalized spacial score (nSPS) is 13.1. The molecule has 3 aromatic heterocycles. The quantitative estimate of drug-likeness (QED) is 0.157. The molecule has 37 heavy (non-hydrogen) atoms. The summed E-state index contributed by atoms with van der Waals surface area (Å²) in [6.45, 7) is 4.56. The van der Waals surface area contributed by atoms with E-state index < -0.39 is 0 Å². The number of fused-ring (bicyclic) bond motifs is 7. The predicted molar refractivity (Wildman–Crippen MR) is 148 cm³/mol. The second kappa shape index (κ2) is 8.92. The monoisotopic (exact) mass is 654 g/mol. The maximum Gasteiger partial charge on any atom is 0.0561 e. The SMILES string of the molecule is CC1(C)c2ccc[c-]c2-c2nccc3cccc1c23.[Ir].c1cnc2c(c1)ccc1c3ccccc3[n-]c12. The number of pyridine rings is 2. The zero-order valence-electron chi connectivity index (χ0n) is 20.5. The molecular weight excluding hydrogens is 631 g/mol. The van der Waals surface area contributed by atoms with E-state index in [0.29, 0.717) is 0 Å². The summed E-state index contributed by atoms with van der Waals surface area (Å²) >= 11 is 0. The molecule has 0 atom stereocenters. The Hall–Kier alpha value is -3.85. The molecule has 0 N–H and O–H groups in total. The Balaban J connectivity index is 0.000000133. The van der Waals surface area contributed by atoms with Crippen LogP contribution < -0.4 is 4.98 Å². The van der Waals surface area contributed by atoms with E-state index in [1.165, 1.54) is 32.7 Å². The molecule has 4 aromatic carbocycles. The summed E-state index contributed by atoms with van der Waals surface area (Å²) in [7, 11) is 0. The van der Waals surface area contributed by atoms with Crippen molar-refractivity contribution in [3.05, 3.63) is 121 Å². The molecule has 1 aliphatic carbocycles. The van der Waals surface area contributed by atoms with Crippen molar-refractivity contribution >= 4 is 43.5 Å². The summed E-state index contributed by atoms with van der Waals surface area (Å²) < 4.78 is 0. The van der Waals surface area contributed by atoms with Crippen molar-refractivity contribution in [1.82, 2.24) is 15.0 Å². The van der Waals surface area contributed by atoms with Gasteiger partial charge in [0.1, 0.15) is 0 Å². The average Bonchev–Trinajstić information content (AvgIpc) is 3.32. The van der Waals surface area contributed by atoms with Gasteiger partial charge in [-0.3, -0.25) is 4.98 Å². The van der Waals surface area contributed by atoms with Crippen LogP contribution in [0.25, 0.3) is 54.7 Å². The smallest absolute Gasteiger partial charge is 0.0561 e. The van der Waals surface area contributed by atoms with Crippen LogP contribution in [-0.4, -0.2) is 9.97 Å². The van der Waals surface area contributed by atoms with Gasteiger partial charge in [0, 0.05) is 32.5 Å². The predicted octanol–water partition coefficient (Wildman–Crippen LogP) is 7.84. The molecule has 0 bridgehead atoms. The van der Waals surface area contributed by atoms with Crippen molar-refractivity contribution in [3.8, 4) is 11.3 Å². The van der Waals surface area contributed by atoms with Crippen molar-refractivity contribution in [2.75, 3.05) is 0 Å². The minimum Gasteiger partial charge on any atom is -0.655 e. The Morgan fingerprint density at radius 1 is 0.703 bits per heavy atom. The molecule has 0 fully saturated rings. The fourth-order valence-corrected chi connectivity index (χ4v) is 5.62. The molecule has 3 nitrogen and oxygen atoms in total. The van der Waals surface area contributed by atoms with Crippen molar-refractivity contribution < 1.29 is 20.1 Å². The summed E-state index contributed by atoms with van der Waals surface area (Å²) in [6.07, 6.45) is 3.71. The van der Waals surface area contributed by atoms with E-state index in [-0.39, 0.29) is 25.5 Å². The Morgan fingerprint density at radius 3 is 2.46 bits per heavy atom. The third-order valence-electron chi connectivity index (χ3n) is 7.41. The van der Waals surface area contributed by atoms with Crippen LogP contribution in [0.3, 0.4) is 0 Å². The summed E-state index contributed by atoms with van der Waals surface area (Å²) in [4.78, 5) is 13.7. The van der Waals surface area contributed by atoms with Gasteiger partial charge in [0.2, 0.25) is 0 Å². The van der Waals surface area contributed by atoms with Gasteiger partial charge < -0.3 is 9.97 Å². The van der Waals surface area contributed by atoms with Crippen LogP contribution in [0.5, 0.6) is 0 Å². The number of para-hydroxylation sites is 1. The summed E-state index contributed by atoms with van der Waals surface area (Å²) in [5.74, 6) is 0. The van der Waals surface area contributed by atoms with Gasteiger partial charge >= 0.3 is 0 Å². The molecule has 1 aliphatic rings. The average molecular weight is 654 g/mol. The molecular formula is C33H23IrN3-2. The van der Waals surface area contributed by atoms with Crippen molar-refractivity contribution in [1.29, 1.82) is 0 Å². The zero-order valence-corrected chi connectivity index (χ0v) is 22.9. The van der Waals surface area contributed by atoms with Gasteiger partial charge in [0.25, 0.3) is 0 Å². The number of nitrogens with zero attached hydrogens (tertiary/aromatic N) is 3. The van der Waals surface area contributed by atoms with E-state index >= 15 is 0 Å². The molecule has 0 aliphatic heterocycles. The van der Waals surface area contributed by atoms with Crippen LogP contribution in [0.2, 0.25) is 0 Å². The first kappa shape index (κ1) is 23.5. The second-order valence-corrected chi connectivity index (χ2v) is 9.81. The summed E-state index contributed by atoms with van der Waals surface area (Å²) in [5, 5.41) is 6.08. The molecule has 0 unspecified atom stereocenters. The first-order chi connectivity index (χ1) is 17.6. The Morgan fingerprint density at radius 2 is 1.54 bits per heavy atom. The van der Waals surface area contributed by atoms with Gasteiger partial charge in [-0.15, -0.1) is 46.4 Å². The van der Waals surface area contributed by atoms with Gasteiger partial charge in [0.15, 0.2) is 0 Å². The Labute approximate surface area is 228 Å². The Bertz CT molecular complexity index is 1930. The van der Waals surface area contributed by atoms with Crippen molar-refractivity contribution in [2.45, 2.75) is 19.3 Å². The third-order valence-corrected chi connectivity index (χ3v) is 7.41. The van der Waals surface area contributed by atoms with Gasteiger partial charge in [-0.1, -0.05) is 74.5 Å². The number of hydrogen-bond donors (Lipinski definition) is 0. The first-order valence-corrected chi connectivity index (χ1v) is 12.2. The van der Waals surface area contributed by atoms with Gasteiger partial charge in [0.05, 0.1) is 5.52 Å². The fraction of sp³-hybridized carbons (Fsp3) is 0.0909. The van der Waals surface area contributed by atoms with Crippen LogP contribution in [0.4, 0.5) is 0 Å². The molecule has 181 valence electrons. The fourth-order valence-electron chi connectivity index (χ4n) is 5.62. The molecule has 7 aromatic rings. The van der Waals surface area contributed by atoms with E-state index in [4.69, 9.17) is 0 Å². The molecule has 8 rings (SSSR count). The van der Waals surface area contributed by atoms with E-state index in [2.05, 4.69) is 95.5 Å². The van der Waals surface area contributed by atoms with E-state index in [9.17, 15) is 0 Å². The number of hydrogen-bond acceptors (Lipinski definition) is 2. The van der Waals surface area contributed by atoms with E-state index in [0.717, 1.165) is 33.2 Å². The summed E-state index contributed by atoms with van der Waals surface area (Å²) in [6, 6.07) is 34.7. The van der Waals surface area contributed by atoms with E-state index in [1.807, 2.05) is 42.7 Å². The van der Waals surface area contributed by atoms with Gasteiger partial charge in [-0.25, -0.2) is 0 Å². The minimum absolute atomic E-state index is 0. The van der Waals surface area contributed by atoms with Gasteiger partial charge in [-0.2, -0.15) is 0 Å². The van der Waals surface area contributed by atoms with E-state index in [1.54, 1.807) is 0 Å². The standard InChI is InChI=1S/C18H14N.C15H9N2.Ir/c1-18(2)14-8-4-3-7-13(14)17-16-12(10-11-19-17)6-5-9-15(16)18;1-2-6-13-11(5-1)12-8-7-10-4-3-9-16-14(10)15(12)17-13;/h3-6,8-11H,1-2H3;1-9H;/q2*-1;. The topological polar surface area (TPSA) is 39.9 Å². The molecule has 4 heteroatoms. The molecule has 1 radical (unpaired) electrons. The van der Waals surface area contributed by atoms with Gasteiger partial charge in [-0.05, 0) is 55.7 Å². The maximum atomic E-state index is 4.68. The van der Waals surface area contributed by atoms with Crippen LogP contribution in [0.15, 0.2) is 103 Å². The molecule has 0 saturated carbocycles. The Kier molecular flexibility index (Phi) is 5.67. The molecule has 0 spiro atoms. The number of benzene rings is 4. The minimum atomic E-state index is 0. The second-order valence-electron chi connectivity index (χ2n) is 9.81. The van der Waals surface area contributed by atoms with Crippen molar-refractivity contribution in [2.24, 2.45) is 0 Å². The third kappa shape index (κ3) is 3.60. The molecule has 0 saturated heterocycles.